The Morgan fingerprint density at radius 3 is 2.37 bits per heavy atom. The molecule has 0 N–H and O–H groups in total. The molecule has 1 aromatic heterocycles. The van der Waals surface area contributed by atoms with Gasteiger partial charge in [-0.3, -0.25) is 0 Å². The summed E-state index contributed by atoms with van der Waals surface area (Å²) in [5.41, 5.74) is 0.261. The topological polar surface area (TPSA) is 22.1 Å². The molecule has 0 aliphatic heterocycles. The number of hydrogen-bond donors (Lipinski definition) is 0. The minimum atomic E-state index is -4.40. The lowest BCUT2D eigenvalue weighted by Gasteiger charge is -2.08. The Bertz CT molecular complexity index is 921. The molecule has 0 spiro atoms. The molecule has 0 atom stereocenters. The van der Waals surface area contributed by atoms with Crippen molar-refractivity contribution in [2.75, 3.05) is 0 Å². The Morgan fingerprint density at radius 1 is 1.07 bits per heavy atom. The maximum atomic E-state index is 13.8. The summed E-state index contributed by atoms with van der Waals surface area (Å²) in [7, 11) is 0. The molecule has 2 nitrogen and oxygen atoms in total. The van der Waals surface area contributed by atoms with E-state index in [1.807, 2.05) is 0 Å². The van der Waals surface area contributed by atoms with Gasteiger partial charge in [-0.25, -0.2) is 9.37 Å². The van der Waals surface area contributed by atoms with Crippen molar-refractivity contribution in [3.63, 3.8) is 0 Å². The molecule has 3 rings (SSSR count). The highest BCUT2D eigenvalue weighted by molar-refractivity contribution is 7.15. The molecule has 0 saturated heterocycles. The van der Waals surface area contributed by atoms with E-state index in [9.17, 15) is 17.6 Å². The zero-order valence-corrected chi connectivity index (χ0v) is 15.8. The van der Waals surface area contributed by atoms with Gasteiger partial charge in [-0.15, -0.1) is 22.9 Å². The predicted octanol–water partition coefficient (Wildman–Crippen LogP) is 6.94. The average Bonchev–Trinajstić information content (AvgIpc) is 3.04. The molecule has 1 heterocycles. The van der Waals surface area contributed by atoms with Gasteiger partial charge in [0.05, 0.1) is 22.2 Å². The maximum Gasteiger partial charge on any atom is 0.416 e. The van der Waals surface area contributed by atoms with Gasteiger partial charge in [-0.05, 0) is 24.3 Å². The Hall–Kier alpha value is -1.83. The van der Waals surface area contributed by atoms with Gasteiger partial charge in [0.15, 0.2) is 11.6 Å². The molecule has 3 aromatic rings. The van der Waals surface area contributed by atoms with E-state index in [-0.39, 0.29) is 23.3 Å². The standard InChI is InChI=1S/C18H11Cl2F4NOS/c19-8-15-14(9-26-16-12(20)2-1-3-13(16)21)25-17(27-15)10-4-6-11(7-5-10)18(22,23)24/h1-7H,8-9H2. The Kier molecular flexibility index (Phi) is 5.93. The quantitative estimate of drug-likeness (QED) is 0.319. The molecule has 27 heavy (non-hydrogen) atoms. The van der Waals surface area contributed by atoms with Crippen molar-refractivity contribution in [1.82, 2.24) is 4.98 Å². The summed E-state index contributed by atoms with van der Waals surface area (Å²) in [6, 6.07) is 8.85. The second-order valence-electron chi connectivity index (χ2n) is 5.44. The fourth-order valence-electron chi connectivity index (χ4n) is 2.29. The Morgan fingerprint density at radius 2 is 1.78 bits per heavy atom. The second-order valence-corrected chi connectivity index (χ2v) is 7.20. The highest BCUT2D eigenvalue weighted by Crippen LogP contribution is 2.34. The van der Waals surface area contributed by atoms with Crippen LogP contribution < -0.4 is 4.74 Å². The van der Waals surface area contributed by atoms with Crippen LogP contribution in [0.1, 0.15) is 16.1 Å². The predicted molar refractivity (Wildman–Crippen MR) is 97.9 cm³/mol. The minimum absolute atomic E-state index is 0.0696. The number of nitrogens with zero attached hydrogens (tertiary/aromatic N) is 1. The van der Waals surface area contributed by atoms with E-state index in [1.54, 1.807) is 0 Å². The molecule has 0 amide bonds. The van der Waals surface area contributed by atoms with E-state index < -0.39 is 17.6 Å². The molecule has 0 bridgehead atoms. The molecule has 0 saturated carbocycles. The van der Waals surface area contributed by atoms with Gasteiger partial charge in [0.1, 0.15) is 11.6 Å². The van der Waals surface area contributed by atoms with Crippen molar-refractivity contribution in [2.45, 2.75) is 18.7 Å². The summed E-state index contributed by atoms with van der Waals surface area (Å²) in [6.07, 6.45) is -4.40. The largest absolute Gasteiger partial charge is 0.483 e. The van der Waals surface area contributed by atoms with Crippen molar-refractivity contribution in [3.8, 4) is 16.3 Å². The van der Waals surface area contributed by atoms with Crippen LogP contribution in [0.5, 0.6) is 5.75 Å². The SMILES string of the molecule is Fc1cccc(Cl)c1OCc1nc(-c2ccc(C(F)(F)F)cc2)sc1CCl. The lowest BCUT2D eigenvalue weighted by Crippen LogP contribution is -2.04. The highest BCUT2D eigenvalue weighted by atomic mass is 35.5. The van der Waals surface area contributed by atoms with Gasteiger partial charge in [0.25, 0.3) is 0 Å². The Labute approximate surface area is 166 Å². The summed E-state index contributed by atoms with van der Waals surface area (Å²) >= 11 is 13.1. The molecule has 0 aliphatic carbocycles. The van der Waals surface area contributed by atoms with Gasteiger partial charge in [0.2, 0.25) is 0 Å². The maximum absolute atomic E-state index is 13.8. The van der Waals surface area contributed by atoms with Crippen molar-refractivity contribution in [3.05, 3.63) is 69.4 Å². The van der Waals surface area contributed by atoms with Crippen LogP contribution in [0.2, 0.25) is 5.02 Å². The van der Waals surface area contributed by atoms with Crippen LogP contribution in [-0.4, -0.2) is 4.98 Å². The van der Waals surface area contributed by atoms with Crippen LogP contribution in [-0.2, 0) is 18.7 Å². The molecule has 0 radical (unpaired) electrons. The van der Waals surface area contributed by atoms with Crippen LogP contribution in [0, 0.1) is 5.82 Å². The lowest BCUT2D eigenvalue weighted by molar-refractivity contribution is -0.137. The van der Waals surface area contributed by atoms with E-state index in [1.165, 1.54) is 41.7 Å². The summed E-state index contributed by atoms with van der Waals surface area (Å²) in [5.74, 6) is -0.556. The summed E-state index contributed by atoms with van der Waals surface area (Å²) in [4.78, 5) is 5.06. The lowest BCUT2D eigenvalue weighted by atomic mass is 10.1. The van der Waals surface area contributed by atoms with Crippen molar-refractivity contribution in [2.24, 2.45) is 0 Å². The van der Waals surface area contributed by atoms with Crippen LogP contribution in [0.15, 0.2) is 42.5 Å². The molecular formula is C18H11Cl2F4NOS. The van der Waals surface area contributed by atoms with Gasteiger partial charge >= 0.3 is 6.18 Å². The number of hydrogen-bond acceptors (Lipinski definition) is 3. The third kappa shape index (κ3) is 4.54. The van der Waals surface area contributed by atoms with E-state index in [0.29, 0.717) is 21.1 Å². The molecule has 0 fully saturated rings. The van der Waals surface area contributed by atoms with Gasteiger partial charge < -0.3 is 4.74 Å². The number of halogens is 6. The van der Waals surface area contributed by atoms with Crippen LogP contribution in [0.4, 0.5) is 17.6 Å². The molecule has 2 aromatic carbocycles. The third-order valence-corrected chi connectivity index (χ3v) is 5.50. The van der Waals surface area contributed by atoms with Crippen molar-refractivity contribution in [1.29, 1.82) is 0 Å². The third-order valence-electron chi connectivity index (χ3n) is 3.63. The van der Waals surface area contributed by atoms with E-state index in [4.69, 9.17) is 27.9 Å². The highest BCUT2D eigenvalue weighted by Gasteiger charge is 2.30. The fourth-order valence-corrected chi connectivity index (χ4v) is 3.74. The van der Waals surface area contributed by atoms with Gasteiger partial charge in [-0.1, -0.05) is 29.8 Å². The molecular weight excluding hydrogens is 425 g/mol. The smallest absolute Gasteiger partial charge is 0.416 e. The number of para-hydroxylation sites is 1. The summed E-state index contributed by atoms with van der Waals surface area (Å²) < 4.78 is 57.3. The van der Waals surface area contributed by atoms with Crippen molar-refractivity contribution < 1.29 is 22.3 Å². The molecule has 142 valence electrons. The van der Waals surface area contributed by atoms with Gasteiger partial charge in [-0.2, -0.15) is 13.2 Å². The number of alkyl halides is 4. The number of thiazole rings is 1. The van der Waals surface area contributed by atoms with E-state index >= 15 is 0 Å². The first-order valence-corrected chi connectivity index (χ1v) is 9.31. The second kappa shape index (κ2) is 8.04. The molecule has 0 unspecified atom stereocenters. The van der Waals surface area contributed by atoms with Crippen LogP contribution in [0.25, 0.3) is 10.6 Å². The number of ether oxygens (including phenoxy) is 1. The monoisotopic (exact) mass is 435 g/mol. The van der Waals surface area contributed by atoms with E-state index in [0.717, 1.165) is 12.1 Å². The number of benzene rings is 2. The average molecular weight is 436 g/mol. The molecule has 9 heteroatoms. The first-order valence-electron chi connectivity index (χ1n) is 7.58. The van der Waals surface area contributed by atoms with Gasteiger partial charge in [0, 0.05) is 10.4 Å². The first-order chi connectivity index (χ1) is 12.8. The summed E-state index contributed by atoms with van der Waals surface area (Å²) in [5, 5.41) is 0.623. The fraction of sp³-hybridized carbons (Fsp3) is 0.167. The zero-order chi connectivity index (χ0) is 19.6. The van der Waals surface area contributed by atoms with E-state index in [2.05, 4.69) is 4.98 Å². The van der Waals surface area contributed by atoms with Crippen LogP contribution in [0.3, 0.4) is 0 Å². The normalized spacial score (nSPS) is 11.6. The zero-order valence-electron chi connectivity index (χ0n) is 13.5. The minimum Gasteiger partial charge on any atom is -0.483 e. The summed E-state index contributed by atoms with van der Waals surface area (Å²) in [6.45, 7) is -0.0696. The Balaban J connectivity index is 1.83. The number of rotatable bonds is 5. The van der Waals surface area contributed by atoms with Crippen LogP contribution >= 0.6 is 34.5 Å². The molecule has 0 aliphatic rings. The van der Waals surface area contributed by atoms with Crippen molar-refractivity contribution >= 4 is 34.5 Å². The number of aromatic nitrogens is 1. The first kappa shape index (κ1) is 19.9.